The zero-order valence-electron chi connectivity index (χ0n) is 13.1. The van der Waals surface area contributed by atoms with Crippen molar-refractivity contribution in [3.63, 3.8) is 0 Å². The summed E-state index contributed by atoms with van der Waals surface area (Å²) in [5.41, 5.74) is 2.95. The Morgan fingerprint density at radius 1 is 1.17 bits per heavy atom. The lowest BCUT2D eigenvalue weighted by molar-refractivity contribution is -0.138. The quantitative estimate of drug-likeness (QED) is 0.917. The molecule has 122 valence electrons. The van der Waals surface area contributed by atoms with E-state index in [1.807, 2.05) is 43.4 Å². The lowest BCUT2D eigenvalue weighted by Crippen LogP contribution is -2.16. The molecule has 2 aromatic carbocycles. The van der Waals surface area contributed by atoms with Crippen LogP contribution in [0.5, 0.6) is 5.75 Å². The SMILES string of the molecule is COc1ccc2c(c1)Sc1ccc(C(C)C(=O)O)cc1N2C.[OH-]. The van der Waals surface area contributed by atoms with E-state index in [1.165, 1.54) is 0 Å². The Labute approximate surface area is 139 Å². The number of nitrogens with zero attached hydrogens (tertiary/aromatic N) is 1. The molecule has 3 rings (SSSR count). The second-order valence-corrected chi connectivity index (χ2v) is 6.37. The second-order valence-electron chi connectivity index (χ2n) is 5.28. The van der Waals surface area contributed by atoms with Gasteiger partial charge in [0.1, 0.15) is 5.75 Å². The van der Waals surface area contributed by atoms with E-state index in [4.69, 9.17) is 4.74 Å². The number of hydrogen-bond acceptors (Lipinski definition) is 5. The molecule has 0 saturated heterocycles. The number of aliphatic carboxylic acids is 1. The molecule has 0 bridgehead atoms. The van der Waals surface area contributed by atoms with Gasteiger partial charge >= 0.3 is 5.97 Å². The largest absolute Gasteiger partial charge is 0.870 e. The van der Waals surface area contributed by atoms with E-state index in [-0.39, 0.29) is 5.48 Å². The molecule has 23 heavy (non-hydrogen) atoms. The Balaban J connectivity index is 0.00000192. The molecule has 1 aliphatic heterocycles. The van der Waals surface area contributed by atoms with Gasteiger partial charge in [-0.15, -0.1) is 0 Å². The molecule has 2 N–H and O–H groups in total. The first-order chi connectivity index (χ1) is 10.5. The smallest absolute Gasteiger partial charge is 0.310 e. The third-order valence-electron chi connectivity index (χ3n) is 3.96. The highest BCUT2D eigenvalue weighted by Crippen LogP contribution is 2.49. The van der Waals surface area contributed by atoms with Crippen LogP contribution in [-0.2, 0) is 4.79 Å². The molecular weight excluding hydrogens is 314 g/mol. The summed E-state index contributed by atoms with van der Waals surface area (Å²) in [6, 6.07) is 11.8. The first-order valence-corrected chi connectivity index (χ1v) is 7.79. The number of benzene rings is 2. The Morgan fingerprint density at radius 2 is 1.91 bits per heavy atom. The van der Waals surface area contributed by atoms with Gasteiger partial charge in [-0.3, -0.25) is 4.79 Å². The van der Waals surface area contributed by atoms with Crippen molar-refractivity contribution in [1.82, 2.24) is 0 Å². The van der Waals surface area contributed by atoms with Crippen molar-refractivity contribution in [3.8, 4) is 5.75 Å². The number of ether oxygens (including phenoxy) is 1. The fourth-order valence-electron chi connectivity index (χ4n) is 2.52. The second kappa shape index (κ2) is 6.52. The molecule has 1 atom stereocenters. The van der Waals surface area contributed by atoms with E-state index in [0.717, 1.165) is 32.5 Å². The molecule has 0 aromatic heterocycles. The number of carbonyl (C=O) groups is 1. The Morgan fingerprint density at radius 3 is 2.57 bits per heavy atom. The van der Waals surface area contributed by atoms with Crippen molar-refractivity contribution in [2.45, 2.75) is 22.6 Å². The minimum atomic E-state index is -0.809. The molecule has 2 aromatic rings. The lowest BCUT2D eigenvalue weighted by Gasteiger charge is -2.30. The topological polar surface area (TPSA) is 79.8 Å². The van der Waals surface area contributed by atoms with Crippen LogP contribution in [0.1, 0.15) is 18.4 Å². The molecule has 0 saturated carbocycles. The van der Waals surface area contributed by atoms with E-state index < -0.39 is 11.9 Å². The fourth-order valence-corrected chi connectivity index (χ4v) is 3.68. The zero-order chi connectivity index (χ0) is 15.9. The van der Waals surface area contributed by atoms with Gasteiger partial charge in [0.25, 0.3) is 0 Å². The maximum absolute atomic E-state index is 11.2. The minimum absolute atomic E-state index is 0. The highest BCUT2D eigenvalue weighted by molar-refractivity contribution is 7.99. The number of fused-ring (bicyclic) bond motifs is 2. The number of rotatable bonds is 3. The lowest BCUT2D eigenvalue weighted by atomic mass is 10.0. The monoisotopic (exact) mass is 332 g/mol. The van der Waals surface area contributed by atoms with Crippen LogP contribution in [0.25, 0.3) is 0 Å². The van der Waals surface area contributed by atoms with Gasteiger partial charge in [-0.2, -0.15) is 0 Å². The maximum Gasteiger partial charge on any atom is 0.310 e. The molecule has 0 amide bonds. The maximum atomic E-state index is 11.2. The third-order valence-corrected chi connectivity index (χ3v) is 5.08. The number of methoxy groups -OCH3 is 1. The van der Waals surface area contributed by atoms with Crippen LogP contribution in [0.2, 0.25) is 0 Å². The van der Waals surface area contributed by atoms with Gasteiger partial charge in [0.15, 0.2) is 0 Å². The van der Waals surface area contributed by atoms with Crippen molar-refractivity contribution in [1.29, 1.82) is 0 Å². The van der Waals surface area contributed by atoms with Crippen LogP contribution in [-0.4, -0.2) is 30.7 Å². The highest BCUT2D eigenvalue weighted by Gasteiger charge is 2.23. The third kappa shape index (κ3) is 3.00. The Bertz CT molecular complexity index is 747. The van der Waals surface area contributed by atoms with Crippen LogP contribution >= 0.6 is 11.8 Å². The Hall–Kier alpha value is -2.18. The molecule has 1 unspecified atom stereocenters. The average Bonchev–Trinajstić information content (AvgIpc) is 2.53. The summed E-state index contributed by atoms with van der Waals surface area (Å²) in [7, 11) is 3.66. The molecule has 0 spiro atoms. The standard InChI is InChI=1S/C17H17NO3S.H2O/c1-10(17(19)20)11-4-7-15-14(8-11)18(2)13-6-5-12(21-3)9-16(13)22-15;/h4-10H,1-3H3,(H,19,20);1H2/p-1. The highest BCUT2D eigenvalue weighted by atomic mass is 32.2. The van der Waals surface area contributed by atoms with Gasteiger partial charge in [-0.05, 0) is 42.8 Å². The summed E-state index contributed by atoms with van der Waals surface area (Å²) in [4.78, 5) is 15.5. The first-order valence-electron chi connectivity index (χ1n) is 6.97. The summed E-state index contributed by atoms with van der Waals surface area (Å²) in [5, 5.41) is 9.19. The van der Waals surface area contributed by atoms with Gasteiger partial charge in [-0.25, -0.2) is 0 Å². The van der Waals surface area contributed by atoms with Crippen molar-refractivity contribution in [2.75, 3.05) is 19.1 Å². The van der Waals surface area contributed by atoms with Crippen LogP contribution in [0, 0.1) is 0 Å². The van der Waals surface area contributed by atoms with E-state index in [1.54, 1.807) is 25.8 Å². The van der Waals surface area contributed by atoms with Gasteiger partial charge in [-0.1, -0.05) is 17.8 Å². The van der Waals surface area contributed by atoms with Crippen molar-refractivity contribution in [2.24, 2.45) is 0 Å². The van der Waals surface area contributed by atoms with Crippen LogP contribution in [0.4, 0.5) is 11.4 Å². The zero-order valence-corrected chi connectivity index (χ0v) is 13.9. The number of hydrogen-bond donors (Lipinski definition) is 1. The van der Waals surface area contributed by atoms with Crippen LogP contribution < -0.4 is 9.64 Å². The van der Waals surface area contributed by atoms with E-state index >= 15 is 0 Å². The molecular formula is C17H18NO4S-. The van der Waals surface area contributed by atoms with Gasteiger partial charge in [0, 0.05) is 16.8 Å². The summed E-state index contributed by atoms with van der Waals surface area (Å²) < 4.78 is 5.28. The molecule has 0 radical (unpaired) electrons. The van der Waals surface area contributed by atoms with Gasteiger partial charge in [0.2, 0.25) is 0 Å². The van der Waals surface area contributed by atoms with Crippen LogP contribution in [0.3, 0.4) is 0 Å². The van der Waals surface area contributed by atoms with E-state index in [2.05, 4.69) is 4.90 Å². The Kier molecular flexibility index (Phi) is 4.87. The fraction of sp³-hybridized carbons (Fsp3) is 0.235. The van der Waals surface area contributed by atoms with E-state index in [9.17, 15) is 9.90 Å². The van der Waals surface area contributed by atoms with E-state index in [0.29, 0.717) is 0 Å². The number of anilines is 2. The molecule has 0 fully saturated rings. The number of carboxylic acids is 1. The average molecular weight is 332 g/mol. The first kappa shape index (κ1) is 17.2. The predicted octanol–water partition coefficient (Wildman–Crippen LogP) is 3.94. The summed E-state index contributed by atoms with van der Waals surface area (Å²) >= 11 is 1.68. The molecule has 6 heteroatoms. The molecule has 0 aliphatic carbocycles. The van der Waals surface area contributed by atoms with Crippen molar-refractivity contribution < 1.29 is 20.1 Å². The number of carboxylic acid groups (broad SMARTS) is 1. The van der Waals surface area contributed by atoms with Gasteiger partial charge in [0.05, 0.1) is 24.4 Å². The van der Waals surface area contributed by atoms with Crippen molar-refractivity contribution in [3.05, 3.63) is 42.0 Å². The molecule has 1 heterocycles. The molecule has 1 aliphatic rings. The minimum Gasteiger partial charge on any atom is -0.870 e. The summed E-state index contributed by atoms with van der Waals surface area (Å²) in [6.45, 7) is 1.71. The molecule has 5 nitrogen and oxygen atoms in total. The normalized spacial score (nSPS) is 13.4. The summed E-state index contributed by atoms with van der Waals surface area (Å²) in [6.07, 6.45) is 0. The van der Waals surface area contributed by atoms with Gasteiger partial charge < -0.3 is 20.2 Å². The summed E-state index contributed by atoms with van der Waals surface area (Å²) in [5.74, 6) is -0.489. The predicted molar refractivity (Wildman–Crippen MR) is 89.6 cm³/mol. The van der Waals surface area contributed by atoms with Crippen molar-refractivity contribution >= 4 is 29.1 Å². The van der Waals surface area contributed by atoms with Crippen LogP contribution in [0.15, 0.2) is 46.2 Å².